The largest absolute Gasteiger partial charge is 0.484 e. The van der Waals surface area contributed by atoms with Crippen molar-refractivity contribution in [1.82, 2.24) is 5.32 Å². The molecular formula is C19H22N2O3S. The molecule has 2 N–H and O–H groups in total. The van der Waals surface area contributed by atoms with E-state index in [-0.39, 0.29) is 23.7 Å². The molecule has 25 heavy (non-hydrogen) atoms. The molecule has 0 aromatic heterocycles. The Hall–Kier alpha value is -2.47. The maximum Gasteiger partial charge on any atom is 0.257 e. The Bertz CT molecular complexity index is 707. The number of hydrogen-bond acceptors (Lipinski definition) is 4. The zero-order valence-electron chi connectivity index (χ0n) is 14.3. The highest BCUT2D eigenvalue weighted by Gasteiger charge is 2.14. The van der Waals surface area contributed by atoms with Gasteiger partial charge in [-0.1, -0.05) is 24.3 Å². The van der Waals surface area contributed by atoms with Gasteiger partial charge in [0.2, 0.25) is 5.91 Å². The summed E-state index contributed by atoms with van der Waals surface area (Å²) in [5.41, 5.74) is 0.638. The molecule has 0 fully saturated rings. The van der Waals surface area contributed by atoms with E-state index in [1.165, 1.54) is 11.8 Å². The van der Waals surface area contributed by atoms with Crippen molar-refractivity contribution in [2.45, 2.75) is 24.0 Å². The van der Waals surface area contributed by atoms with Gasteiger partial charge in [-0.2, -0.15) is 0 Å². The number of ether oxygens (including phenoxy) is 1. The first-order chi connectivity index (χ1) is 12.1. The number of nitrogens with one attached hydrogen (secondary N) is 2. The van der Waals surface area contributed by atoms with E-state index < -0.39 is 0 Å². The van der Waals surface area contributed by atoms with Crippen LogP contribution in [0.1, 0.15) is 13.8 Å². The van der Waals surface area contributed by atoms with E-state index >= 15 is 0 Å². The van der Waals surface area contributed by atoms with Crippen LogP contribution in [0.4, 0.5) is 5.69 Å². The molecule has 1 unspecified atom stereocenters. The molecule has 1 atom stereocenters. The summed E-state index contributed by atoms with van der Waals surface area (Å²) >= 11 is 1.50. The van der Waals surface area contributed by atoms with Crippen LogP contribution in [0.2, 0.25) is 0 Å². The van der Waals surface area contributed by atoms with Crippen molar-refractivity contribution < 1.29 is 14.3 Å². The van der Waals surface area contributed by atoms with Crippen molar-refractivity contribution in [1.29, 1.82) is 0 Å². The molecule has 2 amide bonds. The summed E-state index contributed by atoms with van der Waals surface area (Å²) < 4.78 is 5.43. The fraction of sp³-hybridized carbons (Fsp3) is 0.263. The second-order valence-corrected chi connectivity index (χ2v) is 6.75. The Balaban J connectivity index is 1.89. The van der Waals surface area contributed by atoms with Gasteiger partial charge in [0.25, 0.3) is 5.91 Å². The van der Waals surface area contributed by atoms with E-state index in [0.29, 0.717) is 18.0 Å². The molecule has 2 rings (SSSR count). The first kappa shape index (κ1) is 18.9. The van der Waals surface area contributed by atoms with Crippen LogP contribution in [0, 0.1) is 0 Å². The first-order valence-electron chi connectivity index (χ1n) is 8.10. The highest BCUT2D eigenvalue weighted by atomic mass is 32.2. The number of carbonyl (C=O) groups is 2. The summed E-state index contributed by atoms with van der Waals surface area (Å²) in [5, 5.41) is 5.31. The minimum absolute atomic E-state index is 0.0501. The molecule has 2 aromatic carbocycles. The van der Waals surface area contributed by atoms with Crippen molar-refractivity contribution in [3.63, 3.8) is 0 Å². The van der Waals surface area contributed by atoms with Crippen LogP contribution in [0.5, 0.6) is 5.75 Å². The maximum atomic E-state index is 12.3. The second-order valence-electron chi connectivity index (χ2n) is 5.33. The topological polar surface area (TPSA) is 67.4 Å². The van der Waals surface area contributed by atoms with Gasteiger partial charge in [-0.3, -0.25) is 9.59 Å². The molecule has 0 aliphatic carbocycles. The Morgan fingerprint density at radius 1 is 1.12 bits per heavy atom. The van der Waals surface area contributed by atoms with E-state index in [4.69, 9.17) is 4.74 Å². The lowest BCUT2D eigenvalue weighted by Crippen LogP contribution is -2.28. The molecular weight excluding hydrogens is 336 g/mol. The van der Waals surface area contributed by atoms with Crippen LogP contribution < -0.4 is 15.4 Å². The third kappa shape index (κ3) is 6.51. The first-order valence-corrected chi connectivity index (χ1v) is 8.98. The molecule has 132 valence electrons. The zero-order valence-corrected chi connectivity index (χ0v) is 15.1. The number of anilines is 1. The number of likely N-dealkylation sites (N-methyl/N-ethyl adjacent to an activating group) is 1. The summed E-state index contributed by atoms with van der Waals surface area (Å²) in [4.78, 5) is 24.8. The SMILES string of the molecule is CCNC(=O)COc1cccc(NC(=O)C(C)Sc2ccccc2)c1. The van der Waals surface area contributed by atoms with Crippen molar-refractivity contribution in [3.05, 3.63) is 54.6 Å². The molecule has 0 saturated heterocycles. The standard InChI is InChI=1S/C19H22N2O3S/c1-3-20-18(22)13-24-16-9-7-8-15(12-16)21-19(23)14(2)25-17-10-5-4-6-11-17/h4-12,14H,3,13H2,1-2H3,(H,20,22)(H,21,23). The normalized spacial score (nSPS) is 11.4. The van der Waals surface area contributed by atoms with Gasteiger partial charge in [-0.25, -0.2) is 0 Å². The molecule has 0 spiro atoms. The third-order valence-electron chi connectivity index (χ3n) is 3.27. The van der Waals surface area contributed by atoms with Crippen LogP contribution in [-0.4, -0.2) is 30.2 Å². The minimum atomic E-state index is -0.234. The molecule has 0 radical (unpaired) electrons. The van der Waals surface area contributed by atoms with Crippen LogP contribution in [0.3, 0.4) is 0 Å². The molecule has 0 heterocycles. The maximum absolute atomic E-state index is 12.3. The Morgan fingerprint density at radius 3 is 2.60 bits per heavy atom. The van der Waals surface area contributed by atoms with Crippen molar-refractivity contribution in [2.24, 2.45) is 0 Å². The molecule has 6 heteroatoms. The zero-order chi connectivity index (χ0) is 18.1. The van der Waals surface area contributed by atoms with Gasteiger partial charge in [0.15, 0.2) is 6.61 Å². The Kier molecular flexibility index (Phi) is 7.35. The molecule has 0 aliphatic rings. The molecule has 5 nitrogen and oxygen atoms in total. The number of hydrogen-bond donors (Lipinski definition) is 2. The number of rotatable bonds is 8. The van der Waals surface area contributed by atoms with Gasteiger partial charge in [0, 0.05) is 23.2 Å². The number of thioether (sulfide) groups is 1. The third-order valence-corrected chi connectivity index (χ3v) is 4.38. The fourth-order valence-corrected chi connectivity index (χ4v) is 2.95. The Morgan fingerprint density at radius 2 is 1.88 bits per heavy atom. The van der Waals surface area contributed by atoms with Crippen molar-refractivity contribution in [3.8, 4) is 5.75 Å². The van der Waals surface area contributed by atoms with Crippen LogP contribution in [-0.2, 0) is 9.59 Å². The number of carbonyl (C=O) groups excluding carboxylic acids is 2. The predicted octanol–water partition coefficient (Wildman–Crippen LogP) is 3.32. The molecule has 0 saturated carbocycles. The highest BCUT2D eigenvalue weighted by Crippen LogP contribution is 2.24. The van der Waals surface area contributed by atoms with E-state index in [1.807, 2.05) is 44.2 Å². The van der Waals surface area contributed by atoms with E-state index in [0.717, 1.165) is 4.90 Å². The van der Waals surface area contributed by atoms with E-state index in [2.05, 4.69) is 10.6 Å². The summed E-state index contributed by atoms with van der Waals surface area (Å²) in [6, 6.07) is 16.8. The van der Waals surface area contributed by atoms with Gasteiger partial charge in [0.1, 0.15) is 5.75 Å². The monoisotopic (exact) mass is 358 g/mol. The summed E-state index contributed by atoms with van der Waals surface area (Å²) in [7, 11) is 0. The molecule has 0 aliphatic heterocycles. The molecule has 0 bridgehead atoms. The predicted molar refractivity (Wildman–Crippen MR) is 101 cm³/mol. The van der Waals surface area contributed by atoms with Gasteiger partial charge in [-0.15, -0.1) is 11.8 Å². The number of amides is 2. The van der Waals surface area contributed by atoms with Crippen molar-refractivity contribution in [2.75, 3.05) is 18.5 Å². The summed E-state index contributed by atoms with van der Waals surface area (Å²) in [5.74, 6) is 0.270. The Labute approximate surface area is 152 Å². The second kappa shape index (κ2) is 9.74. The van der Waals surface area contributed by atoms with E-state index in [9.17, 15) is 9.59 Å². The average Bonchev–Trinajstić information content (AvgIpc) is 2.61. The van der Waals surface area contributed by atoms with Crippen LogP contribution in [0.15, 0.2) is 59.5 Å². The number of benzene rings is 2. The van der Waals surface area contributed by atoms with Gasteiger partial charge in [-0.05, 0) is 38.1 Å². The fourth-order valence-electron chi connectivity index (χ4n) is 2.06. The van der Waals surface area contributed by atoms with Crippen molar-refractivity contribution >= 4 is 29.3 Å². The van der Waals surface area contributed by atoms with Crippen LogP contribution >= 0.6 is 11.8 Å². The lowest BCUT2D eigenvalue weighted by Gasteiger charge is -2.13. The smallest absolute Gasteiger partial charge is 0.257 e. The highest BCUT2D eigenvalue weighted by molar-refractivity contribution is 8.00. The quantitative estimate of drug-likeness (QED) is 0.711. The van der Waals surface area contributed by atoms with Gasteiger partial charge < -0.3 is 15.4 Å². The minimum Gasteiger partial charge on any atom is -0.484 e. The van der Waals surface area contributed by atoms with Gasteiger partial charge in [0.05, 0.1) is 5.25 Å². The van der Waals surface area contributed by atoms with E-state index in [1.54, 1.807) is 24.3 Å². The summed E-state index contributed by atoms with van der Waals surface area (Å²) in [6.45, 7) is 4.23. The average molecular weight is 358 g/mol. The van der Waals surface area contributed by atoms with Crippen LogP contribution in [0.25, 0.3) is 0 Å². The van der Waals surface area contributed by atoms with Gasteiger partial charge >= 0.3 is 0 Å². The lowest BCUT2D eigenvalue weighted by molar-refractivity contribution is -0.123. The summed E-state index contributed by atoms with van der Waals surface area (Å²) in [6.07, 6.45) is 0. The molecule has 2 aromatic rings. The lowest BCUT2D eigenvalue weighted by atomic mass is 10.3.